The summed E-state index contributed by atoms with van der Waals surface area (Å²) in [6.07, 6.45) is 7.03. The van der Waals surface area contributed by atoms with Gasteiger partial charge in [-0.15, -0.1) is 12.4 Å². The molecule has 1 aromatic carbocycles. The summed E-state index contributed by atoms with van der Waals surface area (Å²) >= 11 is 0. The van der Waals surface area contributed by atoms with Crippen LogP contribution in [0.25, 0.3) is 0 Å². The van der Waals surface area contributed by atoms with Gasteiger partial charge in [0.15, 0.2) is 0 Å². The molecule has 1 saturated heterocycles. The molecule has 0 bridgehead atoms. The average molecular weight is 396 g/mol. The number of benzene rings is 1. The Morgan fingerprint density at radius 1 is 1.00 bits per heavy atom. The number of likely N-dealkylation sites (tertiary alicyclic amines) is 1. The molecule has 1 aromatic rings. The molecule has 27 heavy (non-hydrogen) atoms. The zero-order chi connectivity index (χ0) is 18.9. The van der Waals surface area contributed by atoms with Crippen LogP contribution in [-0.2, 0) is 0 Å². The standard InChI is InChI=1S/C24H38FN.ClH/c1-6-12-26-13-10-18(11-14-26)20-8-7-9-21(25)22(20)19-15-23(2,3)17-24(4,5)16-19;/h7-9,18-19H,6,10-17H2,1-5H3;1H. The number of rotatable bonds is 4. The topological polar surface area (TPSA) is 3.24 Å². The van der Waals surface area contributed by atoms with Gasteiger partial charge in [0, 0.05) is 0 Å². The summed E-state index contributed by atoms with van der Waals surface area (Å²) in [6, 6.07) is 5.86. The van der Waals surface area contributed by atoms with E-state index in [1.165, 1.54) is 37.8 Å². The van der Waals surface area contributed by atoms with E-state index in [0.717, 1.165) is 31.5 Å². The summed E-state index contributed by atoms with van der Waals surface area (Å²) in [5.41, 5.74) is 2.95. The average Bonchev–Trinajstić information content (AvgIpc) is 2.52. The van der Waals surface area contributed by atoms with Crippen molar-refractivity contribution in [1.82, 2.24) is 4.90 Å². The van der Waals surface area contributed by atoms with Crippen molar-refractivity contribution in [3.05, 3.63) is 35.1 Å². The van der Waals surface area contributed by atoms with Crippen molar-refractivity contribution < 1.29 is 4.39 Å². The van der Waals surface area contributed by atoms with Crippen molar-refractivity contribution in [3.8, 4) is 0 Å². The first-order valence-corrected chi connectivity index (χ1v) is 10.7. The maximum absolute atomic E-state index is 15.1. The molecular weight excluding hydrogens is 357 g/mol. The quantitative estimate of drug-likeness (QED) is 0.522. The van der Waals surface area contributed by atoms with E-state index in [1.807, 2.05) is 6.07 Å². The van der Waals surface area contributed by atoms with Crippen molar-refractivity contribution in [3.63, 3.8) is 0 Å². The van der Waals surface area contributed by atoms with Crippen LogP contribution in [0.1, 0.15) is 96.1 Å². The largest absolute Gasteiger partial charge is 0.303 e. The maximum Gasteiger partial charge on any atom is 0.126 e. The van der Waals surface area contributed by atoms with Crippen LogP contribution in [0.2, 0.25) is 0 Å². The van der Waals surface area contributed by atoms with Gasteiger partial charge in [-0.25, -0.2) is 4.39 Å². The van der Waals surface area contributed by atoms with Crippen LogP contribution < -0.4 is 0 Å². The Bertz CT molecular complexity index is 601. The summed E-state index contributed by atoms with van der Waals surface area (Å²) in [6.45, 7) is 15.2. The molecule has 0 N–H and O–H groups in total. The molecule has 0 amide bonds. The molecule has 0 unspecified atom stereocenters. The van der Waals surface area contributed by atoms with Crippen LogP contribution in [0.4, 0.5) is 4.39 Å². The SMILES string of the molecule is CCCN1CCC(c2cccc(F)c2C2CC(C)(C)CC(C)(C)C2)CC1.Cl. The summed E-state index contributed by atoms with van der Waals surface area (Å²) in [7, 11) is 0. The first-order valence-electron chi connectivity index (χ1n) is 10.7. The van der Waals surface area contributed by atoms with Crippen molar-refractivity contribution in [2.75, 3.05) is 19.6 Å². The molecule has 1 aliphatic heterocycles. The van der Waals surface area contributed by atoms with Gasteiger partial charge in [0.25, 0.3) is 0 Å². The Kier molecular flexibility index (Phi) is 7.41. The molecule has 3 heteroatoms. The molecule has 3 rings (SSSR count). The zero-order valence-electron chi connectivity index (χ0n) is 18.0. The Hall–Kier alpha value is -0.600. The van der Waals surface area contributed by atoms with Gasteiger partial charge in [-0.1, -0.05) is 46.8 Å². The highest BCUT2D eigenvalue weighted by Gasteiger charge is 2.41. The molecule has 154 valence electrons. The molecule has 0 atom stereocenters. The van der Waals surface area contributed by atoms with Gasteiger partial charge < -0.3 is 4.90 Å². The third-order valence-electron chi connectivity index (χ3n) is 6.62. The van der Waals surface area contributed by atoms with Crippen LogP contribution in [0.15, 0.2) is 18.2 Å². The highest BCUT2D eigenvalue weighted by Crippen LogP contribution is 2.53. The van der Waals surface area contributed by atoms with Crippen LogP contribution in [0.5, 0.6) is 0 Å². The molecule has 2 fully saturated rings. The number of halogens is 2. The maximum atomic E-state index is 15.1. The van der Waals surface area contributed by atoms with Crippen LogP contribution in [-0.4, -0.2) is 24.5 Å². The van der Waals surface area contributed by atoms with Crippen molar-refractivity contribution >= 4 is 12.4 Å². The number of piperidine rings is 1. The van der Waals surface area contributed by atoms with E-state index >= 15 is 4.39 Å². The third-order valence-corrected chi connectivity index (χ3v) is 6.62. The number of nitrogens with zero attached hydrogens (tertiary/aromatic N) is 1. The third kappa shape index (κ3) is 5.48. The van der Waals surface area contributed by atoms with Crippen molar-refractivity contribution in [2.45, 2.75) is 85.0 Å². The van der Waals surface area contributed by atoms with E-state index in [4.69, 9.17) is 0 Å². The number of hydrogen-bond donors (Lipinski definition) is 0. The monoisotopic (exact) mass is 395 g/mol. The second-order valence-electron chi connectivity index (χ2n) is 10.5. The van der Waals surface area contributed by atoms with E-state index < -0.39 is 0 Å². The minimum Gasteiger partial charge on any atom is -0.303 e. The van der Waals surface area contributed by atoms with Crippen LogP contribution >= 0.6 is 12.4 Å². The lowest BCUT2D eigenvalue weighted by Crippen LogP contribution is -2.35. The van der Waals surface area contributed by atoms with E-state index in [9.17, 15) is 0 Å². The van der Waals surface area contributed by atoms with Gasteiger partial charge in [0.1, 0.15) is 5.82 Å². The summed E-state index contributed by atoms with van der Waals surface area (Å²) in [4.78, 5) is 2.57. The molecule has 0 aromatic heterocycles. The molecule has 1 saturated carbocycles. The van der Waals surface area contributed by atoms with Gasteiger partial charge in [0.2, 0.25) is 0 Å². The zero-order valence-corrected chi connectivity index (χ0v) is 18.8. The van der Waals surface area contributed by atoms with E-state index in [-0.39, 0.29) is 29.1 Å². The lowest BCUT2D eigenvalue weighted by molar-refractivity contribution is 0.0950. The predicted molar refractivity (Wildman–Crippen MR) is 117 cm³/mol. The highest BCUT2D eigenvalue weighted by molar-refractivity contribution is 5.85. The molecule has 1 nitrogen and oxygen atoms in total. The van der Waals surface area contributed by atoms with Gasteiger partial charge in [-0.2, -0.15) is 0 Å². The summed E-state index contributed by atoms with van der Waals surface area (Å²) in [5.74, 6) is 0.928. The van der Waals surface area contributed by atoms with Crippen molar-refractivity contribution in [1.29, 1.82) is 0 Å². The van der Waals surface area contributed by atoms with Gasteiger partial charge in [-0.05, 0) is 98.0 Å². The minimum atomic E-state index is 0. The summed E-state index contributed by atoms with van der Waals surface area (Å²) in [5, 5.41) is 0. The number of hydrogen-bond acceptors (Lipinski definition) is 1. The Balaban J connectivity index is 0.00000261. The van der Waals surface area contributed by atoms with Gasteiger partial charge in [0.05, 0.1) is 0 Å². The second-order valence-corrected chi connectivity index (χ2v) is 10.5. The van der Waals surface area contributed by atoms with E-state index in [0.29, 0.717) is 11.8 Å². The molecule has 1 aliphatic carbocycles. The minimum absolute atomic E-state index is 0. The van der Waals surface area contributed by atoms with E-state index in [1.54, 1.807) is 6.07 Å². The molecule has 2 aliphatic rings. The van der Waals surface area contributed by atoms with E-state index in [2.05, 4.69) is 45.6 Å². The Morgan fingerprint density at radius 3 is 2.15 bits per heavy atom. The molecule has 1 heterocycles. The molecule has 0 spiro atoms. The smallest absolute Gasteiger partial charge is 0.126 e. The first-order chi connectivity index (χ1) is 12.2. The van der Waals surface area contributed by atoms with Crippen LogP contribution in [0.3, 0.4) is 0 Å². The van der Waals surface area contributed by atoms with Gasteiger partial charge >= 0.3 is 0 Å². The second kappa shape index (κ2) is 8.82. The van der Waals surface area contributed by atoms with Crippen molar-refractivity contribution in [2.24, 2.45) is 10.8 Å². The molecule has 0 radical (unpaired) electrons. The normalized spacial score (nSPS) is 23.8. The fourth-order valence-electron chi connectivity index (χ4n) is 6.17. The molecular formula is C24H39ClFN. The Labute approximate surface area is 172 Å². The fraction of sp³-hybridized carbons (Fsp3) is 0.750. The lowest BCUT2D eigenvalue weighted by atomic mass is 9.59. The fourth-order valence-corrected chi connectivity index (χ4v) is 6.17. The summed E-state index contributed by atoms with van der Waals surface area (Å²) < 4.78 is 15.1. The Morgan fingerprint density at radius 2 is 1.59 bits per heavy atom. The van der Waals surface area contributed by atoms with Crippen LogP contribution in [0, 0.1) is 16.6 Å². The highest BCUT2D eigenvalue weighted by atomic mass is 35.5. The predicted octanol–water partition coefficient (Wildman–Crippen LogP) is 7.16. The van der Waals surface area contributed by atoms with Gasteiger partial charge in [-0.3, -0.25) is 0 Å². The first kappa shape index (κ1) is 22.7. The lowest BCUT2D eigenvalue weighted by Gasteiger charge is -2.46.